The van der Waals surface area contributed by atoms with Crippen LogP contribution in [0.3, 0.4) is 0 Å². The fraction of sp³-hybridized carbons (Fsp3) is 0.633. The number of carbonyl (C=O) groups excluding carboxylic acids is 1. The molecular formula is C30H46O3. The second kappa shape index (κ2) is 16.7. The zero-order chi connectivity index (χ0) is 23.7. The third kappa shape index (κ3) is 11.7. The van der Waals surface area contributed by atoms with Crippen molar-refractivity contribution in [3.05, 3.63) is 48.0 Å². The highest BCUT2D eigenvalue weighted by Crippen LogP contribution is 2.21. The fourth-order valence-electron chi connectivity index (χ4n) is 4.47. The first kappa shape index (κ1) is 27.4. The summed E-state index contributed by atoms with van der Waals surface area (Å²) in [5.41, 5.74) is 0.649. The van der Waals surface area contributed by atoms with Crippen molar-refractivity contribution in [2.24, 2.45) is 0 Å². The van der Waals surface area contributed by atoms with Crippen LogP contribution in [0.15, 0.2) is 42.5 Å². The average molecular weight is 455 g/mol. The molecule has 0 radical (unpaired) electrons. The maximum absolute atomic E-state index is 12.9. The van der Waals surface area contributed by atoms with Gasteiger partial charge in [0.2, 0.25) is 0 Å². The molecule has 0 aliphatic heterocycles. The summed E-state index contributed by atoms with van der Waals surface area (Å²) in [6.45, 7) is 4.11. The number of ether oxygens (including phenoxy) is 1. The number of esters is 1. The Morgan fingerprint density at radius 2 is 1.30 bits per heavy atom. The molecular weight excluding hydrogens is 408 g/mol. The molecule has 0 spiro atoms. The van der Waals surface area contributed by atoms with Crippen molar-refractivity contribution < 1.29 is 14.6 Å². The van der Waals surface area contributed by atoms with Crippen LogP contribution in [-0.4, -0.2) is 23.3 Å². The fourth-order valence-corrected chi connectivity index (χ4v) is 4.47. The highest BCUT2D eigenvalue weighted by atomic mass is 16.5. The second-order valence-corrected chi connectivity index (χ2v) is 9.69. The minimum atomic E-state index is -0.189. The molecule has 0 saturated heterocycles. The van der Waals surface area contributed by atoms with Gasteiger partial charge >= 0.3 is 5.97 Å². The number of unbranched alkanes of at least 4 members (excludes halogenated alkanes) is 10. The van der Waals surface area contributed by atoms with E-state index in [2.05, 4.69) is 13.0 Å². The van der Waals surface area contributed by atoms with E-state index in [1.54, 1.807) is 0 Å². The van der Waals surface area contributed by atoms with Gasteiger partial charge in [-0.3, -0.25) is 0 Å². The quantitative estimate of drug-likeness (QED) is 0.181. The summed E-state index contributed by atoms with van der Waals surface area (Å²) >= 11 is 0. The van der Waals surface area contributed by atoms with Crippen molar-refractivity contribution in [1.82, 2.24) is 0 Å². The lowest BCUT2D eigenvalue weighted by molar-refractivity contribution is 0.0249. The van der Waals surface area contributed by atoms with E-state index >= 15 is 0 Å². The van der Waals surface area contributed by atoms with E-state index in [0.29, 0.717) is 5.56 Å². The van der Waals surface area contributed by atoms with Crippen molar-refractivity contribution in [2.75, 3.05) is 0 Å². The van der Waals surface area contributed by atoms with Crippen LogP contribution >= 0.6 is 0 Å². The minimum Gasteiger partial charge on any atom is -0.459 e. The van der Waals surface area contributed by atoms with Gasteiger partial charge in [0, 0.05) is 0 Å². The first-order chi connectivity index (χ1) is 16.1. The summed E-state index contributed by atoms with van der Waals surface area (Å²) in [5.74, 6) is -0.189. The third-order valence-electron chi connectivity index (χ3n) is 6.54. The molecule has 184 valence electrons. The molecule has 0 fully saturated rings. The smallest absolute Gasteiger partial charge is 0.338 e. The van der Waals surface area contributed by atoms with E-state index in [1.165, 1.54) is 57.8 Å². The van der Waals surface area contributed by atoms with Crippen molar-refractivity contribution >= 4 is 16.7 Å². The van der Waals surface area contributed by atoms with Crippen molar-refractivity contribution in [2.45, 2.75) is 122 Å². The summed E-state index contributed by atoms with van der Waals surface area (Å²) in [6, 6.07) is 14.0. The van der Waals surface area contributed by atoms with Crippen molar-refractivity contribution in [1.29, 1.82) is 0 Å². The van der Waals surface area contributed by atoms with Gasteiger partial charge in [-0.25, -0.2) is 4.79 Å². The Balaban J connectivity index is 1.81. The molecule has 0 saturated carbocycles. The van der Waals surface area contributed by atoms with Gasteiger partial charge in [-0.05, 0) is 61.9 Å². The molecule has 0 aliphatic rings. The van der Waals surface area contributed by atoms with E-state index in [9.17, 15) is 9.90 Å². The summed E-state index contributed by atoms with van der Waals surface area (Å²) in [5, 5.41) is 11.6. The van der Waals surface area contributed by atoms with Gasteiger partial charge in [-0.2, -0.15) is 0 Å². The van der Waals surface area contributed by atoms with Gasteiger partial charge in [0.15, 0.2) is 0 Å². The topological polar surface area (TPSA) is 46.5 Å². The maximum atomic E-state index is 12.9. The molecule has 3 nitrogen and oxygen atoms in total. The lowest BCUT2D eigenvalue weighted by Gasteiger charge is -2.18. The Morgan fingerprint density at radius 3 is 1.91 bits per heavy atom. The average Bonchev–Trinajstić information content (AvgIpc) is 2.82. The molecule has 3 heteroatoms. The van der Waals surface area contributed by atoms with E-state index in [-0.39, 0.29) is 18.2 Å². The predicted octanol–water partition coefficient (Wildman–Crippen LogP) is 8.62. The Labute approximate surface area is 201 Å². The Morgan fingerprint density at radius 1 is 0.758 bits per heavy atom. The lowest BCUT2D eigenvalue weighted by Crippen LogP contribution is -2.18. The Bertz CT molecular complexity index is 783. The molecule has 0 amide bonds. The lowest BCUT2D eigenvalue weighted by atomic mass is 10.0. The van der Waals surface area contributed by atoms with Crippen LogP contribution < -0.4 is 0 Å². The molecule has 33 heavy (non-hydrogen) atoms. The molecule has 0 aromatic heterocycles. The minimum absolute atomic E-state index is 0.0112. The zero-order valence-corrected chi connectivity index (χ0v) is 21.1. The summed E-state index contributed by atoms with van der Waals surface area (Å²) in [6.07, 6.45) is 17.3. The zero-order valence-electron chi connectivity index (χ0n) is 21.1. The maximum Gasteiger partial charge on any atom is 0.338 e. The largest absolute Gasteiger partial charge is 0.459 e. The van der Waals surface area contributed by atoms with E-state index in [1.807, 2.05) is 43.3 Å². The summed E-state index contributed by atoms with van der Waals surface area (Å²) in [4.78, 5) is 12.9. The predicted molar refractivity (Wildman–Crippen MR) is 140 cm³/mol. The molecule has 0 bridgehead atoms. The van der Waals surface area contributed by atoms with Crippen LogP contribution in [0.5, 0.6) is 0 Å². The Kier molecular flexibility index (Phi) is 13.9. The SMILES string of the molecule is CCCCCCCCC[C@H](CCCCCCCC(C)O)OC(=O)c1ccc2ccccc2c1. The van der Waals surface area contributed by atoms with Gasteiger partial charge in [0.05, 0.1) is 11.7 Å². The van der Waals surface area contributed by atoms with Gasteiger partial charge < -0.3 is 9.84 Å². The monoisotopic (exact) mass is 454 g/mol. The highest BCUT2D eigenvalue weighted by molar-refractivity contribution is 5.95. The van der Waals surface area contributed by atoms with Crippen LogP contribution in [0.25, 0.3) is 10.8 Å². The first-order valence-corrected chi connectivity index (χ1v) is 13.5. The molecule has 2 aromatic carbocycles. The molecule has 2 atom stereocenters. The normalized spacial score (nSPS) is 13.2. The number of hydrogen-bond acceptors (Lipinski definition) is 3. The van der Waals surface area contributed by atoms with E-state index < -0.39 is 0 Å². The second-order valence-electron chi connectivity index (χ2n) is 9.69. The molecule has 1 N–H and O–H groups in total. The number of hydrogen-bond donors (Lipinski definition) is 1. The Hall–Kier alpha value is -1.87. The number of aliphatic hydroxyl groups excluding tert-OH is 1. The molecule has 0 aliphatic carbocycles. The molecule has 0 heterocycles. The van der Waals surface area contributed by atoms with Crippen LogP contribution in [0, 0.1) is 0 Å². The molecule has 2 rings (SSSR count). The van der Waals surface area contributed by atoms with Crippen LogP contribution in [-0.2, 0) is 4.74 Å². The van der Waals surface area contributed by atoms with Crippen molar-refractivity contribution in [3.63, 3.8) is 0 Å². The molecule has 1 unspecified atom stereocenters. The van der Waals surface area contributed by atoms with Crippen molar-refractivity contribution in [3.8, 4) is 0 Å². The van der Waals surface area contributed by atoms with Crippen LogP contribution in [0.2, 0.25) is 0 Å². The third-order valence-corrected chi connectivity index (χ3v) is 6.54. The number of carbonyl (C=O) groups is 1. The summed E-state index contributed by atoms with van der Waals surface area (Å²) in [7, 11) is 0. The number of fused-ring (bicyclic) bond motifs is 1. The summed E-state index contributed by atoms with van der Waals surface area (Å²) < 4.78 is 6.02. The number of rotatable bonds is 18. The van der Waals surface area contributed by atoms with Crippen LogP contribution in [0.1, 0.15) is 121 Å². The number of aliphatic hydroxyl groups is 1. The van der Waals surface area contributed by atoms with Gasteiger partial charge in [-0.1, -0.05) is 101 Å². The van der Waals surface area contributed by atoms with Gasteiger partial charge in [0.1, 0.15) is 6.10 Å². The first-order valence-electron chi connectivity index (χ1n) is 13.5. The van der Waals surface area contributed by atoms with E-state index in [4.69, 9.17) is 4.74 Å². The van der Waals surface area contributed by atoms with Gasteiger partial charge in [0.25, 0.3) is 0 Å². The van der Waals surface area contributed by atoms with Crippen LogP contribution in [0.4, 0.5) is 0 Å². The number of benzene rings is 2. The van der Waals surface area contributed by atoms with E-state index in [0.717, 1.165) is 49.3 Å². The molecule has 2 aromatic rings. The highest BCUT2D eigenvalue weighted by Gasteiger charge is 2.16. The standard InChI is InChI=1S/C30H46O3/c1-3-4-5-6-7-10-13-20-29(21-14-11-8-9-12-17-25(2)31)33-30(32)28-23-22-26-18-15-16-19-27(26)24-28/h15-16,18-19,22-25,29,31H,3-14,17,20-21H2,1-2H3/t25?,29-/m1/s1. The van der Waals surface area contributed by atoms with Gasteiger partial charge in [-0.15, -0.1) is 0 Å².